The van der Waals surface area contributed by atoms with Crippen molar-refractivity contribution in [3.05, 3.63) is 12.2 Å². The molecule has 1 aliphatic heterocycles. The number of Topliss-reactive ketones (excluding diaryl/α,β-unsaturated/α-hetero) is 1. The van der Waals surface area contributed by atoms with E-state index in [1.54, 1.807) is 20.8 Å². The number of rotatable bonds is 2. The van der Waals surface area contributed by atoms with E-state index in [1.807, 2.05) is 0 Å². The van der Waals surface area contributed by atoms with Crippen molar-refractivity contribution in [1.29, 1.82) is 0 Å². The van der Waals surface area contributed by atoms with Gasteiger partial charge in [-0.2, -0.15) is 0 Å². The predicted molar refractivity (Wildman–Crippen MR) is 59.0 cm³/mol. The van der Waals surface area contributed by atoms with Gasteiger partial charge in [-0.05, 0) is 26.8 Å². The Morgan fingerprint density at radius 1 is 1.29 bits per heavy atom. The Balaban J connectivity index is 2.42. The van der Waals surface area contributed by atoms with Crippen LogP contribution in [0, 0.1) is 0 Å². The monoisotopic (exact) mass is 242 g/mol. The van der Waals surface area contributed by atoms with Gasteiger partial charge in [0.05, 0.1) is 6.10 Å². The van der Waals surface area contributed by atoms with Crippen LogP contribution in [0.3, 0.4) is 0 Å². The molecule has 0 aromatic heterocycles. The molecule has 2 rings (SSSR count). The van der Waals surface area contributed by atoms with Gasteiger partial charge >= 0.3 is 0 Å². The zero-order valence-electron chi connectivity index (χ0n) is 10.3. The SMILES string of the molecule is CC(O)C=CC1(O)C2(C)CC(=O)CC1(C)OO2. The molecule has 1 saturated heterocycles. The van der Waals surface area contributed by atoms with Gasteiger partial charge in [-0.25, -0.2) is 9.78 Å². The second-order valence-corrected chi connectivity index (χ2v) is 5.39. The lowest BCUT2D eigenvalue weighted by Crippen LogP contribution is -2.63. The second kappa shape index (κ2) is 3.62. The Hall–Kier alpha value is -0.750. The molecule has 2 N–H and O–H groups in total. The van der Waals surface area contributed by atoms with Crippen molar-refractivity contribution in [3.63, 3.8) is 0 Å². The van der Waals surface area contributed by atoms with Crippen molar-refractivity contribution >= 4 is 5.78 Å². The number of aliphatic hydroxyl groups excluding tert-OH is 1. The number of hydrogen-bond donors (Lipinski definition) is 2. The van der Waals surface area contributed by atoms with Crippen LogP contribution in [0.15, 0.2) is 12.2 Å². The smallest absolute Gasteiger partial charge is 0.147 e. The van der Waals surface area contributed by atoms with Gasteiger partial charge in [-0.1, -0.05) is 6.08 Å². The molecule has 0 amide bonds. The van der Waals surface area contributed by atoms with Gasteiger partial charge in [-0.15, -0.1) is 0 Å². The number of hydrogen-bond acceptors (Lipinski definition) is 5. The maximum absolute atomic E-state index is 11.6. The fraction of sp³-hybridized carbons (Fsp3) is 0.750. The van der Waals surface area contributed by atoms with Crippen molar-refractivity contribution in [2.45, 2.75) is 56.5 Å². The molecule has 5 heteroatoms. The van der Waals surface area contributed by atoms with Crippen molar-refractivity contribution in [2.75, 3.05) is 0 Å². The molecule has 0 aromatic rings. The lowest BCUT2D eigenvalue weighted by Gasteiger charge is -2.43. The van der Waals surface area contributed by atoms with E-state index < -0.39 is 22.9 Å². The summed E-state index contributed by atoms with van der Waals surface area (Å²) in [6.07, 6.45) is 2.48. The summed E-state index contributed by atoms with van der Waals surface area (Å²) >= 11 is 0. The van der Waals surface area contributed by atoms with Crippen LogP contribution in [0.1, 0.15) is 33.6 Å². The largest absolute Gasteiger partial charge is 0.389 e. The average molecular weight is 242 g/mol. The Morgan fingerprint density at radius 3 is 2.18 bits per heavy atom. The highest BCUT2D eigenvalue weighted by atomic mass is 17.2. The van der Waals surface area contributed by atoms with Gasteiger partial charge in [0, 0.05) is 12.8 Å². The van der Waals surface area contributed by atoms with Gasteiger partial charge in [-0.3, -0.25) is 4.79 Å². The van der Waals surface area contributed by atoms with Gasteiger partial charge in [0.15, 0.2) is 0 Å². The summed E-state index contributed by atoms with van der Waals surface area (Å²) in [6, 6.07) is 0. The molecule has 0 spiro atoms. The number of fused-ring (bicyclic) bond motifs is 2. The molecular formula is C12H18O5. The quantitative estimate of drug-likeness (QED) is 0.544. The van der Waals surface area contributed by atoms with Crippen molar-refractivity contribution in [2.24, 2.45) is 0 Å². The lowest BCUT2D eigenvalue weighted by atomic mass is 9.64. The molecule has 96 valence electrons. The van der Waals surface area contributed by atoms with Gasteiger partial charge in [0.2, 0.25) is 0 Å². The number of carbonyl (C=O) groups excluding carboxylic acids is 1. The van der Waals surface area contributed by atoms with Gasteiger partial charge < -0.3 is 10.2 Å². The summed E-state index contributed by atoms with van der Waals surface area (Å²) in [4.78, 5) is 22.0. The third-order valence-electron chi connectivity index (χ3n) is 3.71. The summed E-state index contributed by atoms with van der Waals surface area (Å²) in [5.41, 5.74) is -3.60. The molecule has 0 aromatic carbocycles. The summed E-state index contributed by atoms with van der Waals surface area (Å²) < 4.78 is 0. The second-order valence-electron chi connectivity index (χ2n) is 5.39. The van der Waals surface area contributed by atoms with Crippen molar-refractivity contribution < 1.29 is 24.8 Å². The predicted octanol–water partition coefficient (Wildman–Crippen LogP) is 0.497. The van der Waals surface area contributed by atoms with Crippen molar-refractivity contribution in [1.82, 2.24) is 0 Å². The minimum atomic E-state index is -1.41. The van der Waals surface area contributed by atoms with E-state index in [4.69, 9.17) is 9.78 Å². The van der Waals surface area contributed by atoms with E-state index in [1.165, 1.54) is 12.2 Å². The van der Waals surface area contributed by atoms with E-state index >= 15 is 0 Å². The first kappa shape index (κ1) is 12.7. The van der Waals surface area contributed by atoms with E-state index in [0.29, 0.717) is 0 Å². The highest BCUT2D eigenvalue weighted by Crippen LogP contribution is 2.53. The topological polar surface area (TPSA) is 76.0 Å². The normalized spacial score (nSPS) is 47.7. The summed E-state index contributed by atoms with van der Waals surface area (Å²) in [5, 5.41) is 20.0. The molecule has 5 nitrogen and oxygen atoms in total. The van der Waals surface area contributed by atoms with Gasteiger partial charge in [0.25, 0.3) is 0 Å². The highest BCUT2D eigenvalue weighted by Gasteiger charge is 2.70. The lowest BCUT2D eigenvalue weighted by molar-refractivity contribution is -0.337. The molecule has 0 radical (unpaired) electrons. The zero-order chi connectivity index (χ0) is 12.9. The van der Waals surface area contributed by atoms with Crippen LogP contribution in [0.2, 0.25) is 0 Å². The minimum absolute atomic E-state index is 0.00243. The molecule has 2 bridgehead atoms. The molecule has 1 saturated carbocycles. The Labute approximate surface area is 100.0 Å². The maximum atomic E-state index is 11.6. The van der Waals surface area contributed by atoms with E-state index in [0.717, 1.165) is 0 Å². The van der Waals surface area contributed by atoms with E-state index in [-0.39, 0.29) is 18.6 Å². The molecule has 2 aliphatic rings. The Bertz CT molecular complexity index is 353. The third-order valence-corrected chi connectivity index (χ3v) is 3.71. The number of aliphatic hydroxyl groups is 2. The fourth-order valence-corrected chi connectivity index (χ4v) is 2.64. The maximum Gasteiger partial charge on any atom is 0.147 e. The van der Waals surface area contributed by atoms with Crippen LogP contribution in [0.5, 0.6) is 0 Å². The summed E-state index contributed by atoms with van der Waals surface area (Å²) in [6.45, 7) is 4.87. The summed E-state index contributed by atoms with van der Waals surface area (Å²) in [7, 11) is 0. The molecule has 3 unspecified atom stereocenters. The Kier molecular flexibility index (Phi) is 2.70. The molecule has 17 heavy (non-hydrogen) atoms. The highest BCUT2D eigenvalue weighted by molar-refractivity contribution is 5.83. The molecule has 1 heterocycles. The molecule has 3 atom stereocenters. The minimum Gasteiger partial charge on any atom is -0.389 e. The summed E-state index contributed by atoms with van der Waals surface area (Å²) in [5.74, 6) is 0.00243. The molecular weight excluding hydrogens is 224 g/mol. The average Bonchev–Trinajstić information content (AvgIpc) is 2.33. The van der Waals surface area contributed by atoms with Crippen LogP contribution >= 0.6 is 0 Å². The standard InChI is InChI=1S/C12H18O5/c1-8(13)4-5-12(15)10(2)6-9(14)7-11(12,3)17-16-10/h4-5,8,13,15H,6-7H2,1-3H3. The zero-order valence-corrected chi connectivity index (χ0v) is 10.3. The first-order chi connectivity index (χ1) is 7.72. The Morgan fingerprint density at radius 2 is 1.76 bits per heavy atom. The molecule has 2 fully saturated rings. The van der Waals surface area contributed by atoms with Gasteiger partial charge in [0.1, 0.15) is 22.6 Å². The van der Waals surface area contributed by atoms with Crippen molar-refractivity contribution in [3.8, 4) is 0 Å². The van der Waals surface area contributed by atoms with Crippen LogP contribution < -0.4 is 0 Å². The molecule has 1 aliphatic carbocycles. The third kappa shape index (κ3) is 1.65. The van der Waals surface area contributed by atoms with E-state index in [2.05, 4.69) is 0 Å². The first-order valence-electron chi connectivity index (χ1n) is 5.71. The number of carbonyl (C=O) groups is 1. The van der Waals surface area contributed by atoms with Crippen LogP contribution in [0.25, 0.3) is 0 Å². The number of ketones is 1. The fourth-order valence-electron chi connectivity index (χ4n) is 2.64. The van der Waals surface area contributed by atoms with Crippen LogP contribution in [-0.2, 0) is 14.6 Å². The van der Waals surface area contributed by atoms with E-state index in [9.17, 15) is 15.0 Å². The van der Waals surface area contributed by atoms with Crippen LogP contribution in [0.4, 0.5) is 0 Å². The first-order valence-corrected chi connectivity index (χ1v) is 5.71. The van der Waals surface area contributed by atoms with Crippen LogP contribution in [-0.4, -0.2) is 38.9 Å².